The molecule has 1 heterocycles. The summed E-state index contributed by atoms with van der Waals surface area (Å²) in [4.78, 5) is 2.56. The van der Waals surface area contributed by atoms with E-state index in [4.69, 9.17) is 5.73 Å². The van der Waals surface area contributed by atoms with Crippen LogP contribution < -0.4 is 5.73 Å². The second-order valence-electron chi connectivity index (χ2n) is 5.84. The molecular formula is C16H26N2. The van der Waals surface area contributed by atoms with Gasteiger partial charge < -0.3 is 10.6 Å². The molecule has 0 saturated carbocycles. The van der Waals surface area contributed by atoms with Gasteiger partial charge in [0.15, 0.2) is 0 Å². The van der Waals surface area contributed by atoms with Gasteiger partial charge in [-0.05, 0) is 48.9 Å². The van der Waals surface area contributed by atoms with Gasteiger partial charge in [-0.15, -0.1) is 0 Å². The van der Waals surface area contributed by atoms with E-state index in [1.807, 2.05) is 0 Å². The lowest BCUT2D eigenvalue weighted by Crippen LogP contribution is -2.25. The minimum atomic E-state index is 0.623. The average molecular weight is 246 g/mol. The third kappa shape index (κ3) is 3.56. The van der Waals surface area contributed by atoms with Crippen LogP contribution in [0, 0.1) is 5.92 Å². The Bertz CT molecular complexity index is 373. The van der Waals surface area contributed by atoms with Crippen LogP contribution in [0.4, 0.5) is 0 Å². The zero-order chi connectivity index (χ0) is 13.0. The summed E-state index contributed by atoms with van der Waals surface area (Å²) in [6.07, 6.45) is 2.44. The fraction of sp³-hybridized carbons (Fsp3) is 0.625. The number of likely N-dealkylation sites (tertiary alicyclic amines) is 1. The number of hydrogen-bond donors (Lipinski definition) is 1. The quantitative estimate of drug-likeness (QED) is 0.865. The van der Waals surface area contributed by atoms with Crippen molar-refractivity contribution in [2.75, 3.05) is 26.2 Å². The lowest BCUT2D eigenvalue weighted by atomic mass is 10.00. The Morgan fingerprint density at radius 1 is 1.39 bits per heavy atom. The fourth-order valence-electron chi connectivity index (χ4n) is 2.70. The topological polar surface area (TPSA) is 29.3 Å². The van der Waals surface area contributed by atoms with E-state index in [2.05, 4.69) is 43.0 Å². The van der Waals surface area contributed by atoms with E-state index >= 15 is 0 Å². The largest absolute Gasteiger partial charge is 0.330 e. The molecule has 1 saturated heterocycles. The van der Waals surface area contributed by atoms with Crippen molar-refractivity contribution in [3.05, 3.63) is 35.4 Å². The molecule has 0 radical (unpaired) electrons. The summed E-state index contributed by atoms with van der Waals surface area (Å²) < 4.78 is 0. The van der Waals surface area contributed by atoms with Crippen molar-refractivity contribution in [3.63, 3.8) is 0 Å². The van der Waals surface area contributed by atoms with Gasteiger partial charge in [0.2, 0.25) is 0 Å². The second-order valence-corrected chi connectivity index (χ2v) is 5.84. The van der Waals surface area contributed by atoms with Gasteiger partial charge in [0.25, 0.3) is 0 Å². The van der Waals surface area contributed by atoms with Crippen LogP contribution in [0.5, 0.6) is 0 Å². The Kier molecular flexibility index (Phi) is 4.79. The molecule has 2 heteroatoms. The number of nitrogens with two attached hydrogens (primary N) is 1. The third-order valence-corrected chi connectivity index (χ3v) is 4.04. The highest BCUT2D eigenvalue weighted by atomic mass is 15.1. The monoisotopic (exact) mass is 246 g/mol. The van der Waals surface area contributed by atoms with Gasteiger partial charge in [0.1, 0.15) is 0 Å². The van der Waals surface area contributed by atoms with Crippen LogP contribution in [-0.2, 0) is 6.42 Å². The van der Waals surface area contributed by atoms with Crippen LogP contribution in [0.2, 0.25) is 0 Å². The molecule has 0 aliphatic carbocycles. The van der Waals surface area contributed by atoms with E-state index < -0.39 is 0 Å². The molecule has 0 unspecified atom stereocenters. The van der Waals surface area contributed by atoms with Crippen molar-refractivity contribution < 1.29 is 0 Å². The van der Waals surface area contributed by atoms with Gasteiger partial charge in [0.05, 0.1) is 0 Å². The van der Waals surface area contributed by atoms with Gasteiger partial charge in [0, 0.05) is 13.1 Å². The SMILES string of the molecule is CC(C)c1cccc(CCN2CC[C@@H](CN)C2)c1. The summed E-state index contributed by atoms with van der Waals surface area (Å²) in [5, 5.41) is 0. The molecule has 1 atom stereocenters. The van der Waals surface area contributed by atoms with Crippen molar-refractivity contribution in [1.29, 1.82) is 0 Å². The average Bonchev–Trinajstić information content (AvgIpc) is 2.84. The highest BCUT2D eigenvalue weighted by Gasteiger charge is 2.20. The van der Waals surface area contributed by atoms with Crippen LogP contribution in [0.1, 0.15) is 37.3 Å². The Morgan fingerprint density at radius 3 is 2.89 bits per heavy atom. The van der Waals surface area contributed by atoms with Gasteiger partial charge >= 0.3 is 0 Å². The number of benzene rings is 1. The highest BCUT2D eigenvalue weighted by molar-refractivity contribution is 5.25. The first kappa shape index (κ1) is 13.6. The van der Waals surface area contributed by atoms with Gasteiger partial charge in [-0.2, -0.15) is 0 Å². The van der Waals surface area contributed by atoms with E-state index in [-0.39, 0.29) is 0 Å². The van der Waals surface area contributed by atoms with Gasteiger partial charge in [-0.1, -0.05) is 38.1 Å². The first-order chi connectivity index (χ1) is 8.69. The van der Waals surface area contributed by atoms with Crippen LogP contribution in [0.25, 0.3) is 0 Å². The Balaban J connectivity index is 1.85. The van der Waals surface area contributed by atoms with E-state index in [0.717, 1.165) is 18.9 Å². The third-order valence-electron chi connectivity index (χ3n) is 4.04. The molecule has 1 aromatic carbocycles. The molecule has 0 bridgehead atoms. The van der Waals surface area contributed by atoms with Crippen molar-refractivity contribution in [1.82, 2.24) is 4.90 Å². The predicted octanol–water partition coefficient (Wildman–Crippen LogP) is 2.63. The molecule has 18 heavy (non-hydrogen) atoms. The Hall–Kier alpha value is -0.860. The lowest BCUT2D eigenvalue weighted by molar-refractivity contribution is 0.329. The molecular weight excluding hydrogens is 220 g/mol. The number of nitrogens with zero attached hydrogens (tertiary/aromatic N) is 1. The minimum Gasteiger partial charge on any atom is -0.330 e. The maximum absolute atomic E-state index is 5.73. The smallest absolute Gasteiger partial charge is 0.00223 e. The molecule has 0 aromatic heterocycles. The summed E-state index contributed by atoms with van der Waals surface area (Å²) in [6.45, 7) is 8.96. The van der Waals surface area contributed by atoms with Crippen molar-refractivity contribution in [3.8, 4) is 0 Å². The molecule has 0 amide bonds. The maximum atomic E-state index is 5.73. The molecule has 1 aromatic rings. The summed E-state index contributed by atoms with van der Waals surface area (Å²) >= 11 is 0. The van der Waals surface area contributed by atoms with Gasteiger partial charge in [-0.3, -0.25) is 0 Å². The van der Waals surface area contributed by atoms with Crippen LogP contribution in [0.3, 0.4) is 0 Å². The second kappa shape index (κ2) is 6.35. The van der Waals surface area contributed by atoms with E-state index in [1.165, 1.54) is 37.2 Å². The van der Waals surface area contributed by atoms with Crippen molar-refractivity contribution in [2.24, 2.45) is 11.7 Å². The molecule has 1 aliphatic heterocycles. The van der Waals surface area contributed by atoms with Crippen LogP contribution >= 0.6 is 0 Å². The zero-order valence-corrected chi connectivity index (χ0v) is 11.7. The Labute approximate surface area is 111 Å². The first-order valence-corrected chi connectivity index (χ1v) is 7.20. The van der Waals surface area contributed by atoms with E-state index in [0.29, 0.717) is 5.92 Å². The van der Waals surface area contributed by atoms with Gasteiger partial charge in [-0.25, -0.2) is 0 Å². The maximum Gasteiger partial charge on any atom is 0.00223 e. The highest BCUT2D eigenvalue weighted by Crippen LogP contribution is 2.18. The molecule has 2 N–H and O–H groups in total. The normalized spacial score (nSPS) is 20.8. The van der Waals surface area contributed by atoms with E-state index in [1.54, 1.807) is 0 Å². The molecule has 1 fully saturated rings. The molecule has 0 spiro atoms. The fourth-order valence-corrected chi connectivity index (χ4v) is 2.70. The standard InChI is InChI=1S/C16H26N2/c1-13(2)16-5-3-4-14(10-16)6-8-18-9-7-15(11-17)12-18/h3-5,10,13,15H,6-9,11-12,17H2,1-2H3/t15-/m0/s1. The predicted molar refractivity (Wildman–Crippen MR) is 77.8 cm³/mol. The lowest BCUT2D eigenvalue weighted by Gasteiger charge is -2.16. The minimum absolute atomic E-state index is 0.623. The van der Waals surface area contributed by atoms with Crippen molar-refractivity contribution in [2.45, 2.75) is 32.6 Å². The first-order valence-electron chi connectivity index (χ1n) is 7.20. The molecule has 1 aliphatic rings. The Morgan fingerprint density at radius 2 is 2.22 bits per heavy atom. The number of rotatable bonds is 5. The molecule has 2 nitrogen and oxygen atoms in total. The summed E-state index contributed by atoms with van der Waals surface area (Å²) in [5.41, 5.74) is 8.65. The summed E-state index contributed by atoms with van der Waals surface area (Å²) in [7, 11) is 0. The van der Waals surface area contributed by atoms with E-state index in [9.17, 15) is 0 Å². The number of hydrogen-bond acceptors (Lipinski definition) is 2. The molecule has 2 rings (SSSR count). The van der Waals surface area contributed by atoms with Crippen LogP contribution in [-0.4, -0.2) is 31.1 Å². The molecule has 100 valence electrons. The van der Waals surface area contributed by atoms with Crippen LogP contribution in [0.15, 0.2) is 24.3 Å². The zero-order valence-electron chi connectivity index (χ0n) is 11.7. The van der Waals surface area contributed by atoms with Crippen molar-refractivity contribution >= 4 is 0 Å². The summed E-state index contributed by atoms with van der Waals surface area (Å²) in [6, 6.07) is 9.04. The summed E-state index contributed by atoms with van der Waals surface area (Å²) in [5.74, 6) is 1.35.